The number of piperidine rings is 1. The quantitative estimate of drug-likeness (QED) is 0.685. The fraction of sp³-hybridized carbons (Fsp3) is 0.435. The Bertz CT molecular complexity index is 652. The van der Waals surface area contributed by atoms with Crippen LogP contribution < -0.4 is 9.47 Å². The molecule has 1 aliphatic rings. The number of para-hydroxylation sites is 2. The molecule has 146 valence electrons. The van der Waals surface area contributed by atoms with Crippen molar-refractivity contribution in [3.8, 4) is 11.5 Å². The summed E-state index contributed by atoms with van der Waals surface area (Å²) in [5.41, 5.74) is 0.935. The zero-order valence-corrected chi connectivity index (χ0v) is 16.5. The molecule has 27 heavy (non-hydrogen) atoms. The molecular weight excluding hydrogens is 338 g/mol. The van der Waals surface area contributed by atoms with Gasteiger partial charge >= 0.3 is 0 Å². The van der Waals surface area contributed by atoms with Gasteiger partial charge in [0.2, 0.25) is 0 Å². The van der Waals surface area contributed by atoms with E-state index in [2.05, 4.69) is 11.9 Å². The number of hydrogen-bond donors (Lipinski definition) is 0. The van der Waals surface area contributed by atoms with E-state index in [-0.39, 0.29) is 0 Å². The number of carbonyl (C=O) groups is 1. The molecule has 0 amide bonds. The number of aldehydes is 1. The highest BCUT2D eigenvalue weighted by Gasteiger charge is 2.16. The van der Waals surface area contributed by atoms with Crippen molar-refractivity contribution in [2.75, 3.05) is 33.9 Å². The summed E-state index contributed by atoms with van der Waals surface area (Å²) in [4.78, 5) is 12.6. The molecule has 1 saturated heterocycles. The number of benzene rings is 2. The van der Waals surface area contributed by atoms with Crippen LogP contribution in [0.3, 0.4) is 0 Å². The van der Waals surface area contributed by atoms with Gasteiger partial charge in [-0.05, 0) is 63.5 Å². The SMILES string of the molecule is CN1CCC(CCOc2ccccc2)CC1.COc1ccccc1CC=O. The highest BCUT2D eigenvalue weighted by atomic mass is 16.5. The van der Waals surface area contributed by atoms with Crippen LogP contribution in [0.5, 0.6) is 11.5 Å². The third kappa shape index (κ3) is 7.83. The van der Waals surface area contributed by atoms with Crippen molar-refractivity contribution in [1.29, 1.82) is 0 Å². The number of hydrogen-bond acceptors (Lipinski definition) is 4. The van der Waals surface area contributed by atoms with E-state index >= 15 is 0 Å². The van der Waals surface area contributed by atoms with E-state index in [1.807, 2.05) is 54.6 Å². The number of methoxy groups -OCH3 is 1. The average molecular weight is 370 g/mol. The lowest BCUT2D eigenvalue weighted by molar-refractivity contribution is -0.107. The second kappa shape index (κ2) is 12.1. The molecule has 0 aromatic heterocycles. The van der Waals surface area contributed by atoms with Gasteiger partial charge in [-0.1, -0.05) is 36.4 Å². The Balaban J connectivity index is 0.000000208. The van der Waals surface area contributed by atoms with E-state index in [0.717, 1.165) is 35.9 Å². The molecule has 4 heteroatoms. The summed E-state index contributed by atoms with van der Waals surface area (Å²) in [5.74, 6) is 2.63. The molecule has 0 N–H and O–H groups in total. The number of rotatable bonds is 7. The minimum absolute atomic E-state index is 0.421. The van der Waals surface area contributed by atoms with Gasteiger partial charge in [-0.3, -0.25) is 0 Å². The number of carbonyl (C=O) groups excluding carboxylic acids is 1. The average Bonchev–Trinajstić information content (AvgIpc) is 2.71. The van der Waals surface area contributed by atoms with Crippen molar-refractivity contribution < 1.29 is 14.3 Å². The summed E-state index contributed by atoms with van der Waals surface area (Å²) in [7, 11) is 3.81. The minimum Gasteiger partial charge on any atom is -0.496 e. The summed E-state index contributed by atoms with van der Waals surface area (Å²) in [6.07, 6.45) is 5.15. The number of likely N-dealkylation sites (tertiary alicyclic amines) is 1. The van der Waals surface area contributed by atoms with Gasteiger partial charge in [-0.2, -0.15) is 0 Å². The summed E-state index contributed by atoms with van der Waals surface area (Å²) >= 11 is 0. The van der Waals surface area contributed by atoms with Gasteiger partial charge in [-0.15, -0.1) is 0 Å². The Morgan fingerprint density at radius 3 is 2.37 bits per heavy atom. The van der Waals surface area contributed by atoms with E-state index < -0.39 is 0 Å². The molecule has 0 atom stereocenters. The lowest BCUT2D eigenvalue weighted by Crippen LogP contribution is -2.30. The maximum Gasteiger partial charge on any atom is 0.124 e. The van der Waals surface area contributed by atoms with Crippen LogP contribution >= 0.6 is 0 Å². The first kappa shape index (κ1) is 21.0. The third-order valence-corrected chi connectivity index (χ3v) is 4.87. The summed E-state index contributed by atoms with van der Waals surface area (Å²) in [5, 5.41) is 0. The van der Waals surface area contributed by atoms with Gasteiger partial charge in [0.15, 0.2) is 0 Å². The first-order valence-electron chi connectivity index (χ1n) is 9.65. The molecule has 2 aromatic carbocycles. The fourth-order valence-corrected chi connectivity index (χ4v) is 3.17. The van der Waals surface area contributed by atoms with Crippen molar-refractivity contribution in [1.82, 2.24) is 4.90 Å². The Labute approximate surface area is 163 Å². The molecule has 1 aliphatic heterocycles. The van der Waals surface area contributed by atoms with Gasteiger partial charge in [0.1, 0.15) is 17.8 Å². The second-order valence-corrected chi connectivity index (χ2v) is 6.88. The highest BCUT2D eigenvalue weighted by molar-refractivity contribution is 5.57. The number of ether oxygens (including phenoxy) is 2. The van der Waals surface area contributed by atoms with Crippen LogP contribution in [0.4, 0.5) is 0 Å². The highest BCUT2D eigenvalue weighted by Crippen LogP contribution is 2.20. The van der Waals surface area contributed by atoms with Crippen molar-refractivity contribution in [3.63, 3.8) is 0 Å². The summed E-state index contributed by atoms with van der Waals surface area (Å²) < 4.78 is 10.8. The van der Waals surface area contributed by atoms with Crippen molar-refractivity contribution >= 4 is 6.29 Å². The Hall–Kier alpha value is -2.33. The first-order chi connectivity index (χ1) is 13.2. The van der Waals surface area contributed by atoms with Gasteiger partial charge in [0, 0.05) is 12.0 Å². The van der Waals surface area contributed by atoms with Crippen LogP contribution in [0.2, 0.25) is 0 Å². The molecule has 0 radical (unpaired) electrons. The van der Waals surface area contributed by atoms with Crippen LogP contribution in [0.1, 0.15) is 24.8 Å². The Morgan fingerprint density at radius 2 is 1.70 bits per heavy atom. The predicted octanol–water partition coefficient (Wildman–Crippen LogP) is 4.23. The smallest absolute Gasteiger partial charge is 0.124 e. The van der Waals surface area contributed by atoms with E-state index in [1.54, 1.807) is 7.11 Å². The fourth-order valence-electron chi connectivity index (χ4n) is 3.17. The normalized spacial score (nSPS) is 14.7. The lowest BCUT2D eigenvalue weighted by atomic mass is 9.94. The van der Waals surface area contributed by atoms with Gasteiger partial charge in [0.05, 0.1) is 13.7 Å². The van der Waals surface area contributed by atoms with Crippen molar-refractivity contribution in [2.24, 2.45) is 5.92 Å². The standard InChI is InChI=1S/C14H21NO.C9H10O2/c1-15-10-7-13(8-11-15)9-12-16-14-5-3-2-4-6-14;1-11-9-5-3-2-4-8(9)6-7-10/h2-6,13H,7-12H2,1H3;2-5,7H,6H2,1H3. The van der Waals surface area contributed by atoms with Crippen molar-refractivity contribution in [2.45, 2.75) is 25.7 Å². The van der Waals surface area contributed by atoms with Gasteiger partial charge in [0.25, 0.3) is 0 Å². The van der Waals surface area contributed by atoms with Crippen LogP contribution in [-0.2, 0) is 11.2 Å². The van der Waals surface area contributed by atoms with E-state index in [4.69, 9.17) is 9.47 Å². The van der Waals surface area contributed by atoms with E-state index in [1.165, 1.54) is 32.4 Å². The maximum atomic E-state index is 10.2. The molecular formula is C23H31NO3. The zero-order chi connectivity index (χ0) is 19.3. The zero-order valence-electron chi connectivity index (χ0n) is 16.5. The third-order valence-electron chi connectivity index (χ3n) is 4.87. The van der Waals surface area contributed by atoms with Crippen LogP contribution in [0, 0.1) is 5.92 Å². The topological polar surface area (TPSA) is 38.8 Å². The predicted molar refractivity (Wildman–Crippen MR) is 110 cm³/mol. The molecule has 1 heterocycles. The van der Waals surface area contributed by atoms with Crippen LogP contribution in [0.15, 0.2) is 54.6 Å². The summed E-state index contributed by atoms with van der Waals surface area (Å²) in [6, 6.07) is 17.6. The van der Waals surface area contributed by atoms with E-state index in [9.17, 15) is 4.79 Å². The van der Waals surface area contributed by atoms with Crippen LogP contribution in [0.25, 0.3) is 0 Å². The minimum atomic E-state index is 0.421. The second-order valence-electron chi connectivity index (χ2n) is 6.88. The lowest BCUT2D eigenvalue weighted by Gasteiger charge is -2.28. The first-order valence-corrected chi connectivity index (χ1v) is 9.65. The molecule has 0 bridgehead atoms. The largest absolute Gasteiger partial charge is 0.496 e. The molecule has 0 unspecified atom stereocenters. The molecule has 0 aliphatic carbocycles. The molecule has 0 saturated carbocycles. The van der Waals surface area contributed by atoms with Gasteiger partial charge in [-0.25, -0.2) is 0 Å². The molecule has 4 nitrogen and oxygen atoms in total. The molecule has 2 aromatic rings. The van der Waals surface area contributed by atoms with E-state index in [0.29, 0.717) is 6.42 Å². The van der Waals surface area contributed by atoms with Crippen molar-refractivity contribution in [3.05, 3.63) is 60.2 Å². The Kier molecular flexibility index (Phi) is 9.42. The summed E-state index contributed by atoms with van der Waals surface area (Å²) in [6.45, 7) is 3.35. The Morgan fingerprint density at radius 1 is 1.04 bits per heavy atom. The maximum absolute atomic E-state index is 10.2. The number of nitrogens with zero attached hydrogens (tertiary/aromatic N) is 1. The monoisotopic (exact) mass is 369 g/mol. The molecule has 1 fully saturated rings. The molecule has 3 rings (SSSR count). The van der Waals surface area contributed by atoms with Crippen LogP contribution in [-0.4, -0.2) is 45.0 Å². The molecule has 0 spiro atoms. The van der Waals surface area contributed by atoms with Gasteiger partial charge < -0.3 is 19.2 Å².